The number of para-hydroxylation sites is 1. The number of nitrogens with one attached hydrogen (secondary N) is 1. The van der Waals surface area contributed by atoms with E-state index in [2.05, 4.69) is 41.2 Å². The Labute approximate surface area is 134 Å². The molecule has 3 rings (SSSR count). The summed E-state index contributed by atoms with van der Waals surface area (Å²) in [5, 5.41) is 3.31. The van der Waals surface area contributed by atoms with Crippen molar-refractivity contribution in [2.45, 2.75) is 27.7 Å². The van der Waals surface area contributed by atoms with Crippen molar-refractivity contribution >= 4 is 11.4 Å². The number of hydrogen-bond acceptors (Lipinski definition) is 2. The van der Waals surface area contributed by atoms with E-state index < -0.39 is 0 Å². The summed E-state index contributed by atoms with van der Waals surface area (Å²) in [6, 6.07) is 18.5. The van der Waals surface area contributed by atoms with E-state index in [1.165, 1.54) is 0 Å². The molecule has 1 aliphatic heterocycles. The lowest BCUT2D eigenvalue weighted by molar-refractivity contribution is 1.16. The first-order valence-electron chi connectivity index (χ1n) is 7.98. The van der Waals surface area contributed by atoms with E-state index in [1.807, 2.05) is 58.0 Å². The molecule has 1 N–H and O–H groups in total. The third kappa shape index (κ3) is 4.32. The molecule has 0 unspecified atom stereocenters. The molecule has 0 amide bonds. The van der Waals surface area contributed by atoms with Crippen LogP contribution in [0.25, 0.3) is 0 Å². The molecule has 2 aromatic rings. The van der Waals surface area contributed by atoms with Crippen LogP contribution in [0, 0.1) is 0 Å². The van der Waals surface area contributed by atoms with Crippen LogP contribution in [0.3, 0.4) is 0 Å². The Hall–Kier alpha value is -2.35. The third-order valence-corrected chi connectivity index (χ3v) is 2.97. The van der Waals surface area contributed by atoms with Crippen LogP contribution in [0.5, 0.6) is 0 Å². The van der Waals surface area contributed by atoms with Crippen LogP contribution < -0.4 is 5.32 Å². The van der Waals surface area contributed by atoms with E-state index in [9.17, 15) is 0 Å². The number of hydrogen-bond donors (Lipinski definition) is 1. The maximum absolute atomic E-state index is 4.67. The SMILES string of the molecule is C=C1CN=C(c2ccccc2)c2ccccc2N1.CC.CC. The molecule has 2 nitrogen and oxygen atoms in total. The summed E-state index contributed by atoms with van der Waals surface area (Å²) >= 11 is 0. The molecule has 0 aromatic heterocycles. The number of aliphatic imine (C=N–C) groups is 1. The zero-order valence-electron chi connectivity index (χ0n) is 14.1. The van der Waals surface area contributed by atoms with Gasteiger partial charge in [0.25, 0.3) is 0 Å². The first kappa shape index (κ1) is 17.7. The predicted molar refractivity (Wildman–Crippen MR) is 98.8 cm³/mol. The molecule has 0 saturated heterocycles. The molecule has 0 saturated carbocycles. The molecule has 2 heteroatoms. The first-order chi connectivity index (χ1) is 10.8. The summed E-state index contributed by atoms with van der Waals surface area (Å²) < 4.78 is 0. The molecule has 0 atom stereocenters. The van der Waals surface area contributed by atoms with Crippen LogP contribution in [0.2, 0.25) is 0 Å². The molecule has 0 bridgehead atoms. The molecular formula is C20H26N2. The van der Waals surface area contributed by atoms with Gasteiger partial charge < -0.3 is 5.32 Å². The van der Waals surface area contributed by atoms with Crippen molar-refractivity contribution in [3.8, 4) is 0 Å². The van der Waals surface area contributed by atoms with Crippen LogP contribution in [0.15, 0.2) is 71.9 Å². The first-order valence-corrected chi connectivity index (χ1v) is 7.98. The van der Waals surface area contributed by atoms with Crippen LogP contribution in [-0.4, -0.2) is 12.3 Å². The molecule has 2 aromatic carbocycles. The number of benzodiazepines with no additional fused rings is 1. The fourth-order valence-corrected chi connectivity index (χ4v) is 2.13. The fourth-order valence-electron chi connectivity index (χ4n) is 2.13. The van der Waals surface area contributed by atoms with Gasteiger partial charge >= 0.3 is 0 Å². The van der Waals surface area contributed by atoms with Crippen molar-refractivity contribution in [2.75, 3.05) is 11.9 Å². The van der Waals surface area contributed by atoms with E-state index >= 15 is 0 Å². The highest BCUT2D eigenvalue weighted by Gasteiger charge is 2.14. The van der Waals surface area contributed by atoms with Gasteiger partial charge in [0, 0.05) is 22.5 Å². The summed E-state index contributed by atoms with van der Waals surface area (Å²) in [5.74, 6) is 0. The Bertz CT molecular complexity index is 613. The number of benzene rings is 2. The maximum Gasteiger partial charge on any atom is 0.0791 e. The molecule has 116 valence electrons. The Balaban J connectivity index is 0.000000561. The van der Waals surface area contributed by atoms with E-state index in [1.54, 1.807) is 0 Å². The molecule has 0 aliphatic carbocycles. The monoisotopic (exact) mass is 294 g/mol. The maximum atomic E-state index is 4.67. The molecule has 0 spiro atoms. The van der Waals surface area contributed by atoms with E-state index in [0.717, 1.165) is 28.2 Å². The summed E-state index contributed by atoms with van der Waals surface area (Å²) in [5.41, 5.74) is 5.29. The van der Waals surface area contributed by atoms with E-state index in [-0.39, 0.29) is 0 Å². The Kier molecular flexibility index (Phi) is 7.69. The average molecular weight is 294 g/mol. The highest BCUT2D eigenvalue weighted by atomic mass is 14.9. The summed E-state index contributed by atoms with van der Waals surface area (Å²) in [4.78, 5) is 4.67. The van der Waals surface area contributed by atoms with Crippen molar-refractivity contribution in [1.82, 2.24) is 0 Å². The molecule has 22 heavy (non-hydrogen) atoms. The van der Waals surface area contributed by atoms with Crippen LogP contribution >= 0.6 is 0 Å². The number of nitrogens with zero attached hydrogens (tertiary/aromatic N) is 1. The second-order valence-electron chi connectivity index (χ2n) is 4.30. The molecule has 1 heterocycles. The second kappa shape index (κ2) is 9.56. The molecule has 0 fully saturated rings. The molecule has 1 aliphatic rings. The summed E-state index contributed by atoms with van der Waals surface area (Å²) in [7, 11) is 0. The lowest BCUT2D eigenvalue weighted by Gasteiger charge is -2.10. The lowest BCUT2D eigenvalue weighted by Crippen LogP contribution is -2.04. The van der Waals surface area contributed by atoms with Gasteiger partial charge in [-0.2, -0.15) is 0 Å². The average Bonchev–Trinajstić information content (AvgIpc) is 2.77. The number of anilines is 1. The van der Waals surface area contributed by atoms with Gasteiger partial charge in [-0.1, -0.05) is 82.8 Å². The van der Waals surface area contributed by atoms with Gasteiger partial charge in [-0.25, -0.2) is 0 Å². The highest BCUT2D eigenvalue weighted by molar-refractivity contribution is 6.16. The summed E-state index contributed by atoms with van der Waals surface area (Å²) in [6.45, 7) is 12.6. The van der Waals surface area contributed by atoms with Gasteiger partial charge in [0.1, 0.15) is 0 Å². The summed E-state index contributed by atoms with van der Waals surface area (Å²) in [6.07, 6.45) is 0. The highest BCUT2D eigenvalue weighted by Crippen LogP contribution is 2.23. The standard InChI is InChI=1S/C16H14N2.2C2H6/c1-12-11-17-16(13-7-3-2-4-8-13)14-9-5-6-10-15(14)18-12;2*1-2/h2-10,18H,1,11H2;2*1-2H3. The Morgan fingerprint density at radius 2 is 1.45 bits per heavy atom. The zero-order chi connectivity index (χ0) is 16.4. The smallest absolute Gasteiger partial charge is 0.0791 e. The topological polar surface area (TPSA) is 24.4 Å². The van der Waals surface area contributed by atoms with E-state index in [0.29, 0.717) is 6.54 Å². The fraction of sp³-hybridized carbons (Fsp3) is 0.250. The van der Waals surface area contributed by atoms with Crippen molar-refractivity contribution in [1.29, 1.82) is 0 Å². The van der Waals surface area contributed by atoms with Gasteiger partial charge in [0.2, 0.25) is 0 Å². The van der Waals surface area contributed by atoms with Crippen molar-refractivity contribution in [3.63, 3.8) is 0 Å². The van der Waals surface area contributed by atoms with E-state index in [4.69, 9.17) is 0 Å². The predicted octanol–water partition coefficient (Wildman–Crippen LogP) is 5.52. The number of rotatable bonds is 1. The van der Waals surface area contributed by atoms with Gasteiger partial charge in [0.15, 0.2) is 0 Å². The molecule has 0 radical (unpaired) electrons. The minimum Gasteiger partial charge on any atom is -0.357 e. The molecular weight excluding hydrogens is 268 g/mol. The number of fused-ring (bicyclic) bond motifs is 1. The van der Waals surface area contributed by atoms with Crippen LogP contribution in [-0.2, 0) is 0 Å². The van der Waals surface area contributed by atoms with Gasteiger partial charge in [-0.15, -0.1) is 0 Å². The van der Waals surface area contributed by atoms with Gasteiger partial charge in [-0.3, -0.25) is 4.99 Å². The Morgan fingerprint density at radius 3 is 2.14 bits per heavy atom. The van der Waals surface area contributed by atoms with Crippen molar-refractivity contribution < 1.29 is 0 Å². The minimum absolute atomic E-state index is 0.610. The largest absolute Gasteiger partial charge is 0.357 e. The Morgan fingerprint density at radius 1 is 0.864 bits per heavy atom. The second-order valence-corrected chi connectivity index (χ2v) is 4.30. The lowest BCUT2D eigenvalue weighted by atomic mass is 10.0. The van der Waals surface area contributed by atoms with Crippen LogP contribution in [0.4, 0.5) is 5.69 Å². The normalized spacial score (nSPS) is 12.2. The minimum atomic E-state index is 0.610. The van der Waals surface area contributed by atoms with Gasteiger partial charge in [-0.05, 0) is 6.07 Å². The van der Waals surface area contributed by atoms with Crippen molar-refractivity contribution in [2.24, 2.45) is 4.99 Å². The van der Waals surface area contributed by atoms with Crippen molar-refractivity contribution in [3.05, 3.63) is 78.0 Å². The zero-order valence-corrected chi connectivity index (χ0v) is 14.1. The third-order valence-electron chi connectivity index (χ3n) is 2.97. The van der Waals surface area contributed by atoms with Gasteiger partial charge in [0.05, 0.1) is 12.3 Å². The quantitative estimate of drug-likeness (QED) is 0.736. The van der Waals surface area contributed by atoms with Crippen LogP contribution in [0.1, 0.15) is 38.8 Å².